The molecule has 0 saturated carbocycles. The van der Waals surface area contributed by atoms with Gasteiger partial charge in [0, 0.05) is 24.5 Å². The molecule has 2 atom stereocenters. The summed E-state index contributed by atoms with van der Waals surface area (Å²) in [6.07, 6.45) is 3.63. The summed E-state index contributed by atoms with van der Waals surface area (Å²) in [5.41, 5.74) is 2.21. The zero-order valence-corrected chi connectivity index (χ0v) is 12.0. The molecule has 0 fully saturated rings. The van der Waals surface area contributed by atoms with Crippen LogP contribution in [-0.2, 0) is 0 Å². The highest BCUT2D eigenvalue weighted by molar-refractivity contribution is 5.42. The fourth-order valence-electron chi connectivity index (χ4n) is 2.16. The molecule has 0 aliphatic heterocycles. The molecule has 0 amide bonds. The van der Waals surface area contributed by atoms with Crippen molar-refractivity contribution in [2.24, 2.45) is 0 Å². The van der Waals surface area contributed by atoms with Gasteiger partial charge in [-0.25, -0.2) is 0 Å². The molecule has 20 heavy (non-hydrogen) atoms. The lowest BCUT2D eigenvalue weighted by Gasteiger charge is -2.21. The molecule has 1 unspecified atom stereocenters. The smallest absolute Gasteiger partial charge is 0.160 e. The van der Waals surface area contributed by atoms with E-state index < -0.39 is 0 Å². The van der Waals surface area contributed by atoms with E-state index in [0.29, 0.717) is 5.75 Å². The standard InChI is InChI=1S/C16H20N2O2/c1-11(13-6-7-15(19)16(9-13)20-3)18-12(2)14-5-4-8-17-10-14/h4-12,18-19H,1-3H3/t11?,12-/m0/s1. The molecule has 2 rings (SSSR count). The van der Waals surface area contributed by atoms with E-state index in [1.54, 1.807) is 19.4 Å². The van der Waals surface area contributed by atoms with Crippen LogP contribution in [0.15, 0.2) is 42.7 Å². The summed E-state index contributed by atoms with van der Waals surface area (Å²) in [6, 6.07) is 9.71. The van der Waals surface area contributed by atoms with Gasteiger partial charge < -0.3 is 15.2 Å². The Morgan fingerprint density at radius 2 is 1.90 bits per heavy atom. The minimum absolute atomic E-state index is 0.139. The van der Waals surface area contributed by atoms with Gasteiger partial charge in [-0.1, -0.05) is 12.1 Å². The summed E-state index contributed by atoms with van der Waals surface area (Å²) in [5, 5.41) is 13.1. The van der Waals surface area contributed by atoms with Gasteiger partial charge in [-0.3, -0.25) is 4.98 Å². The summed E-state index contributed by atoms with van der Waals surface area (Å²) in [5.74, 6) is 0.647. The van der Waals surface area contributed by atoms with Crippen LogP contribution in [0.5, 0.6) is 11.5 Å². The Labute approximate surface area is 119 Å². The molecule has 0 bridgehead atoms. The molecule has 0 aliphatic carbocycles. The van der Waals surface area contributed by atoms with Crippen molar-refractivity contribution in [2.75, 3.05) is 7.11 Å². The third-order valence-electron chi connectivity index (χ3n) is 3.39. The normalized spacial score (nSPS) is 13.8. The van der Waals surface area contributed by atoms with Crippen molar-refractivity contribution < 1.29 is 9.84 Å². The maximum atomic E-state index is 9.62. The lowest BCUT2D eigenvalue weighted by atomic mass is 10.0. The lowest BCUT2D eigenvalue weighted by molar-refractivity contribution is 0.371. The number of pyridine rings is 1. The number of aromatic hydroxyl groups is 1. The summed E-state index contributed by atoms with van der Waals surface area (Å²) >= 11 is 0. The van der Waals surface area contributed by atoms with E-state index in [1.807, 2.05) is 24.4 Å². The van der Waals surface area contributed by atoms with Gasteiger partial charge in [0.2, 0.25) is 0 Å². The van der Waals surface area contributed by atoms with E-state index in [0.717, 1.165) is 11.1 Å². The molecule has 1 heterocycles. The second-order valence-corrected chi connectivity index (χ2v) is 4.83. The molecule has 1 aromatic carbocycles. The molecule has 1 aromatic heterocycles. The fourth-order valence-corrected chi connectivity index (χ4v) is 2.16. The molecule has 0 radical (unpaired) electrons. The van der Waals surface area contributed by atoms with Crippen molar-refractivity contribution in [3.8, 4) is 11.5 Å². The number of aromatic nitrogens is 1. The Balaban J connectivity index is 2.10. The van der Waals surface area contributed by atoms with Crippen LogP contribution < -0.4 is 10.1 Å². The molecule has 0 aliphatic rings. The van der Waals surface area contributed by atoms with Crippen molar-refractivity contribution in [3.63, 3.8) is 0 Å². The van der Waals surface area contributed by atoms with E-state index in [9.17, 15) is 5.11 Å². The average Bonchev–Trinajstić information content (AvgIpc) is 2.48. The van der Waals surface area contributed by atoms with E-state index in [4.69, 9.17) is 4.74 Å². The molecular formula is C16H20N2O2. The third kappa shape index (κ3) is 3.27. The van der Waals surface area contributed by atoms with Crippen LogP contribution in [-0.4, -0.2) is 17.2 Å². The highest BCUT2D eigenvalue weighted by atomic mass is 16.5. The van der Waals surface area contributed by atoms with Crippen molar-refractivity contribution in [1.82, 2.24) is 10.3 Å². The van der Waals surface area contributed by atoms with Gasteiger partial charge in [-0.05, 0) is 43.2 Å². The van der Waals surface area contributed by atoms with Crippen molar-refractivity contribution in [2.45, 2.75) is 25.9 Å². The summed E-state index contributed by atoms with van der Waals surface area (Å²) in [7, 11) is 1.55. The highest BCUT2D eigenvalue weighted by Gasteiger charge is 2.13. The van der Waals surface area contributed by atoms with Crippen LogP contribution in [0.4, 0.5) is 0 Å². The quantitative estimate of drug-likeness (QED) is 0.877. The first kappa shape index (κ1) is 14.3. The van der Waals surface area contributed by atoms with E-state index in [2.05, 4.69) is 30.2 Å². The van der Waals surface area contributed by atoms with Crippen LogP contribution in [0, 0.1) is 0 Å². The second kappa shape index (κ2) is 6.39. The number of nitrogens with zero attached hydrogens (tertiary/aromatic N) is 1. The number of nitrogens with one attached hydrogen (secondary N) is 1. The predicted molar refractivity (Wildman–Crippen MR) is 78.9 cm³/mol. The van der Waals surface area contributed by atoms with Gasteiger partial charge in [0.15, 0.2) is 11.5 Å². The maximum absolute atomic E-state index is 9.62. The van der Waals surface area contributed by atoms with Gasteiger partial charge in [0.05, 0.1) is 7.11 Å². The predicted octanol–water partition coefficient (Wildman–Crippen LogP) is 3.21. The number of phenols is 1. The number of rotatable bonds is 5. The number of methoxy groups -OCH3 is 1. The maximum Gasteiger partial charge on any atom is 0.160 e. The molecule has 4 heteroatoms. The van der Waals surface area contributed by atoms with Crippen molar-refractivity contribution >= 4 is 0 Å². The van der Waals surface area contributed by atoms with Crippen molar-refractivity contribution in [3.05, 3.63) is 53.9 Å². The molecule has 2 N–H and O–H groups in total. The Morgan fingerprint density at radius 3 is 2.55 bits per heavy atom. The Kier molecular flexibility index (Phi) is 4.58. The molecule has 2 aromatic rings. The van der Waals surface area contributed by atoms with Crippen LogP contribution in [0.2, 0.25) is 0 Å². The van der Waals surface area contributed by atoms with Gasteiger partial charge in [-0.15, -0.1) is 0 Å². The molecule has 0 saturated heterocycles. The number of benzene rings is 1. The largest absolute Gasteiger partial charge is 0.504 e. The minimum atomic E-state index is 0.139. The Morgan fingerprint density at radius 1 is 1.15 bits per heavy atom. The fraction of sp³-hybridized carbons (Fsp3) is 0.312. The Bertz CT molecular complexity index is 558. The van der Waals surface area contributed by atoms with Gasteiger partial charge in [0.1, 0.15) is 0 Å². The lowest BCUT2D eigenvalue weighted by Crippen LogP contribution is -2.22. The second-order valence-electron chi connectivity index (χ2n) is 4.83. The van der Waals surface area contributed by atoms with E-state index >= 15 is 0 Å². The topological polar surface area (TPSA) is 54.4 Å². The summed E-state index contributed by atoms with van der Waals surface area (Å²) < 4.78 is 5.14. The zero-order valence-electron chi connectivity index (χ0n) is 12.0. The Hall–Kier alpha value is -2.07. The van der Waals surface area contributed by atoms with Gasteiger partial charge in [-0.2, -0.15) is 0 Å². The number of ether oxygens (including phenoxy) is 1. The number of hydrogen-bond acceptors (Lipinski definition) is 4. The first-order valence-electron chi connectivity index (χ1n) is 6.64. The monoisotopic (exact) mass is 272 g/mol. The zero-order chi connectivity index (χ0) is 14.5. The van der Waals surface area contributed by atoms with Gasteiger partial charge in [0.25, 0.3) is 0 Å². The highest BCUT2D eigenvalue weighted by Crippen LogP contribution is 2.29. The van der Waals surface area contributed by atoms with Crippen LogP contribution in [0.1, 0.15) is 37.1 Å². The van der Waals surface area contributed by atoms with Gasteiger partial charge >= 0.3 is 0 Å². The molecule has 0 spiro atoms. The van der Waals surface area contributed by atoms with Crippen LogP contribution in [0.3, 0.4) is 0 Å². The summed E-state index contributed by atoms with van der Waals surface area (Å²) in [4.78, 5) is 4.13. The number of hydrogen-bond donors (Lipinski definition) is 2. The molecule has 4 nitrogen and oxygen atoms in total. The average molecular weight is 272 g/mol. The van der Waals surface area contributed by atoms with Crippen molar-refractivity contribution in [1.29, 1.82) is 0 Å². The summed E-state index contributed by atoms with van der Waals surface area (Å²) in [6.45, 7) is 4.18. The first-order chi connectivity index (χ1) is 9.61. The van der Waals surface area contributed by atoms with E-state index in [-0.39, 0.29) is 17.8 Å². The minimum Gasteiger partial charge on any atom is -0.504 e. The van der Waals surface area contributed by atoms with Crippen LogP contribution in [0.25, 0.3) is 0 Å². The van der Waals surface area contributed by atoms with Crippen LogP contribution >= 0.6 is 0 Å². The number of phenolic OH excluding ortho intramolecular Hbond substituents is 1. The SMILES string of the molecule is COc1cc(C(C)N[C@@H](C)c2cccnc2)ccc1O. The molecular weight excluding hydrogens is 252 g/mol. The third-order valence-corrected chi connectivity index (χ3v) is 3.39. The molecule has 106 valence electrons. The first-order valence-corrected chi connectivity index (χ1v) is 6.64. The van der Waals surface area contributed by atoms with E-state index in [1.165, 1.54) is 0 Å².